The second kappa shape index (κ2) is 14.4. The van der Waals surface area contributed by atoms with Crippen LogP contribution in [0.15, 0.2) is 96.4 Å². The molecule has 2 aliphatic heterocycles. The third-order valence-corrected chi connectivity index (χ3v) is 9.63. The molecule has 5 aromatic rings. The molecule has 7 rings (SSSR count). The predicted octanol–water partition coefficient (Wildman–Crippen LogP) is 5.01. The molecule has 13 nitrogen and oxygen atoms in total. The van der Waals surface area contributed by atoms with E-state index in [1.54, 1.807) is 71.7 Å². The van der Waals surface area contributed by atoms with E-state index in [0.717, 1.165) is 28.8 Å². The van der Waals surface area contributed by atoms with Crippen molar-refractivity contribution in [2.45, 2.75) is 39.0 Å². The Hall–Kier alpha value is -6.22. The van der Waals surface area contributed by atoms with Crippen LogP contribution in [0.4, 0.5) is 19.3 Å². The minimum absolute atomic E-state index is 0.149. The van der Waals surface area contributed by atoms with Gasteiger partial charge in [0.2, 0.25) is 0 Å². The molecular weight excluding hydrogens is 684 g/mol. The van der Waals surface area contributed by atoms with E-state index in [2.05, 4.69) is 20.6 Å². The van der Waals surface area contributed by atoms with Gasteiger partial charge in [0, 0.05) is 37.0 Å². The second-order valence-electron chi connectivity index (χ2n) is 13.2. The van der Waals surface area contributed by atoms with Crippen LogP contribution >= 0.6 is 0 Å². The Balaban J connectivity index is 1.06. The fourth-order valence-corrected chi connectivity index (χ4v) is 6.90. The summed E-state index contributed by atoms with van der Waals surface area (Å²) in [5, 5.41) is 29.7. The number of anilines is 1. The second-order valence-corrected chi connectivity index (χ2v) is 13.2. The van der Waals surface area contributed by atoms with E-state index in [4.69, 9.17) is 4.74 Å². The van der Waals surface area contributed by atoms with Gasteiger partial charge in [0.1, 0.15) is 42.3 Å². The van der Waals surface area contributed by atoms with Crippen LogP contribution in [0.1, 0.15) is 39.5 Å². The summed E-state index contributed by atoms with van der Waals surface area (Å²) in [7, 11) is 0. The zero-order chi connectivity index (χ0) is 37.3. The lowest BCUT2D eigenvalue weighted by Crippen LogP contribution is -2.55. The molecule has 0 radical (unpaired) electrons. The molecule has 0 bridgehead atoms. The number of carbonyl (C=O) groups excluding carboxylic acids is 2. The molecule has 2 atom stereocenters. The van der Waals surface area contributed by atoms with E-state index in [1.807, 2.05) is 36.9 Å². The van der Waals surface area contributed by atoms with Gasteiger partial charge in [0.15, 0.2) is 0 Å². The number of halogens is 2. The number of β-amino-alcohol motifs (C(OH)–C–C–N with tert-alkyl or cyclic N) is 1. The molecule has 3 heterocycles. The molecular formula is C38H37F2N9O4. The number of aromatic nitrogens is 4. The first-order valence-electron chi connectivity index (χ1n) is 17.0. The number of ether oxygens (including phenoxy) is 1. The maximum atomic E-state index is 15.5. The number of esters is 1. The minimum Gasteiger partial charge on any atom is -0.422 e. The third-order valence-electron chi connectivity index (χ3n) is 9.63. The van der Waals surface area contributed by atoms with Crippen molar-refractivity contribution in [3.8, 4) is 11.4 Å². The fraction of sp³-hybridized carbons (Fsp3) is 0.263. The van der Waals surface area contributed by atoms with Crippen LogP contribution in [0.2, 0.25) is 0 Å². The highest BCUT2D eigenvalue weighted by atomic mass is 19.1. The van der Waals surface area contributed by atoms with Crippen LogP contribution in [0.25, 0.3) is 5.69 Å². The number of hydrazone groups is 1. The summed E-state index contributed by atoms with van der Waals surface area (Å²) >= 11 is 0. The number of carbonyl (C=O) groups is 2. The molecule has 15 heteroatoms. The Labute approximate surface area is 304 Å². The van der Waals surface area contributed by atoms with Gasteiger partial charge in [-0.15, -0.1) is 5.10 Å². The zero-order valence-corrected chi connectivity index (χ0v) is 29.3. The lowest BCUT2D eigenvalue weighted by molar-refractivity contribution is -0.0577. The molecule has 0 unspecified atom stereocenters. The molecule has 4 aromatic carbocycles. The largest absolute Gasteiger partial charge is 0.422 e. The first kappa shape index (κ1) is 35.2. The van der Waals surface area contributed by atoms with Crippen molar-refractivity contribution >= 4 is 24.0 Å². The van der Waals surface area contributed by atoms with Gasteiger partial charge in [-0.05, 0) is 90.4 Å². The SMILES string of the molecule is Cc1cc(CN2C=NN(C[C@](O)(c3ccc(F)cc3F)[C@@H](C)N3CCN(c4ccc(-n5cnnn5)cc4)C3=O)C2)cc(C)c1OC(=O)c1ccccc1. The molecule has 1 N–H and O–H groups in total. The van der Waals surface area contributed by atoms with Gasteiger partial charge in [-0.1, -0.05) is 36.4 Å². The summed E-state index contributed by atoms with van der Waals surface area (Å²) < 4.78 is 36.8. The summed E-state index contributed by atoms with van der Waals surface area (Å²) in [6.45, 7) is 6.48. The summed E-state index contributed by atoms with van der Waals surface area (Å²) in [6, 6.07) is 21.5. The maximum Gasteiger partial charge on any atom is 0.343 e. The summed E-state index contributed by atoms with van der Waals surface area (Å²) in [4.78, 5) is 31.5. The Morgan fingerprint density at radius 2 is 1.68 bits per heavy atom. The number of aliphatic hydroxyl groups is 1. The number of rotatable bonds is 11. The predicted molar refractivity (Wildman–Crippen MR) is 191 cm³/mol. The molecule has 1 fully saturated rings. The standard InChI is InChI=1S/C38H37F2N9O4/c1-25-17-28(18-26(2)35(25)53-36(50)29-7-5-4-6-8-29)20-45-23-42-46(24-45)21-38(52,33-14-9-30(39)19-34(33)40)27(3)47-15-16-48(37(47)51)31-10-12-32(13-11-31)49-22-41-43-44-49/h4-14,17-19,22-23,27,52H,15-16,20-21,24H2,1-3H3/t27-,38-/m1/s1. The van der Waals surface area contributed by atoms with Gasteiger partial charge in [0.05, 0.1) is 23.8 Å². The number of amides is 2. The normalized spacial score (nSPS) is 16.0. The quantitative estimate of drug-likeness (QED) is 0.148. The minimum atomic E-state index is -1.99. The van der Waals surface area contributed by atoms with Gasteiger partial charge >= 0.3 is 12.0 Å². The van der Waals surface area contributed by atoms with Crippen molar-refractivity contribution in [1.29, 1.82) is 0 Å². The molecule has 0 aliphatic carbocycles. The first-order valence-corrected chi connectivity index (χ1v) is 17.0. The number of tetrazole rings is 1. The number of hydrogen-bond acceptors (Lipinski definition) is 10. The van der Waals surface area contributed by atoms with Crippen LogP contribution in [0.3, 0.4) is 0 Å². The smallest absolute Gasteiger partial charge is 0.343 e. The van der Waals surface area contributed by atoms with E-state index in [9.17, 15) is 19.1 Å². The van der Waals surface area contributed by atoms with E-state index in [-0.39, 0.29) is 31.4 Å². The molecule has 1 aromatic heterocycles. The van der Waals surface area contributed by atoms with Gasteiger partial charge in [-0.3, -0.25) is 9.91 Å². The lowest BCUT2D eigenvalue weighted by Gasteiger charge is -2.41. The highest BCUT2D eigenvalue weighted by Crippen LogP contribution is 2.35. The Morgan fingerprint density at radius 1 is 0.962 bits per heavy atom. The fourth-order valence-electron chi connectivity index (χ4n) is 6.90. The van der Waals surface area contributed by atoms with E-state index < -0.39 is 29.2 Å². The van der Waals surface area contributed by atoms with E-state index in [1.165, 1.54) is 22.0 Å². The van der Waals surface area contributed by atoms with Crippen LogP contribution in [-0.4, -0.2) is 90.8 Å². The van der Waals surface area contributed by atoms with Crippen molar-refractivity contribution in [3.05, 3.63) is 131 Å². The average molecular weight is 722 g/mol. The van der Waals surface area contributed by atoms with Crippen molar-refractivity contribution < 1.29 is 28.2 Å². The van der Waals surface area contributed by atoms with E-state index in [0.29, 0.717) is 35.8 Å². The van der Waals surface area contributed by atoms with Gasteiger partial charge in [-0.2, -0.15) is 5.10 Å². The topological polar surface area (TPSA) is 133 Å². The molecule has 1 saturated heterocycles. The van der Waals surface area contributed by atoms with Crippen molar-refractivity contribution in [3.63, 3.8) is 0 Å². The van der Waals surface area contributed by atoms with Crippen molar-refractivity contribution in [2.75, 3.05) is 31.2 Å². The number of nitrogens with zero attached hydrogens (tertiary/aromatic N) is 9. The Morgan fingerprint density at radius 3 is 2.36 bits per heavy atom. The Kier molecular flexibility index (Phi) is 9.58. The van der Waals surface area contributed by atoms with Crippen LogP contribution in [0.5, 0.6) is 5.75 Å². The number of aryl methyl sites for hydroxylation is 2. The van der Waals surface area contributed by atoms with Crippen LogP contribution in [0, 0.1) is 25.5 Å². The van der Waals surface area contributed by atoms with Crippen LogP contribution in [-0.2, 0) is 12.1 Å². The summed E-state index contributed by atoms with van der Waals surface area (Å²) in [6.07, 6.45) is 3.09. The third kappa shape index (κ3) is 7.15. The number of urea groups is 1. The van der Waals surface area contributed by atoms with Crippen LogP contribution < -0.4 is 9.64 Å². The molecule has 53 heavy (non-hydrogen) atoms. The molecule has 0 saturated carbocycles. The maximum absolute atomic E-state index is 15.5. The van der Waals surface area contributed by atoms with E-state index >= 15 is 4.39 Å². The summed E-state index contributed by atoms with van der Waals surface area (Å²) in [5.74, 6) is -1.66. The molecule has 0 spiro atoms. The molecule has 2 aliphatic rings. The number of benzene rings is 4. The van der Waals surface area contributed by atoms with Gasteiger partial charge < -0.3 is 19.6 Å². The Bertz CT molecular complexity index is 2130. The number of hydrogen-bond donors (Lipinski definition) is 1. The highest BCUT2D eigenvalue weighted by Gasteiger charge is 2.47. The highest BCUT2D eigenvalue weighted by molar-refractivity contribution is 5.94. The molecule has 2 amide bonds. The van der Waals surface area contributed by atoms with Crippen molar-refractivity contribution in [1.82, 2.24) is 35.0 Å². The lowest BCUT2D eigenvalue weighted by atomic mass is 9.85. The van der Waals surface area contributed by atoms with Crippen molar-refractivity contribution in [2.24, 2.45) is 5.10 Å². The van der Waals surface area contributed by atoms with Gasteiger partial charge in [0.25, 0.3) is 0 Å². The monoisotopic (exact) mass is 721 g/mol. The molecule has 272 valence electrons. The zero-order valence-electron chi connectivity index (χ0n) is 29.3. The first-order chi connectivity index (χ1) is 25.5. The van der Waals surface area contributed by atoms with Gasteiger partial charge in [-0.25, -0.2) is 23.1 Å². The average Bonchev–Trinajstić information content (AvgIpc) is 3.92. The summed E-state index contributed by atoms with van der Waals surface area (Å²) in [5.41, 5.74) is 2.18.